The lowest BCUT2D eigenvalue weighted by molar-refractivity contribution is -0.116. The zero-order valence-electron chi connectivity index (χ0n) is 15.6. The summed E-state index contributed by atoms with van der Waals surface area (Å²) in [7, 11) is 0. The van der Waals surface area contributed by atoms with Gasteiger partial charge in [0.25, 0.3) is 0 Å². The van der Waals surface area contributed by atoms with E-state index in [0.29, 0.717) is 13.2 Å². The fourth-order valence-electron chi connectivity index (χ4n) is 2.80. The van der Waals surface area contributed by atoms with E-state index in [-0.39, 0.29) is 5.91 Å². The van der Waals surface area contributed by atoms with E-state index < -0.39 is 0 Å². The maximum Gasteiger partial charge on any atom is 0.244 e. The topological polar surface area (TPSA) is 63.7 Å². The van der Waals surface area contributed by atoms with Crippen molar-refractivity contribution >= 4 is 17.8 Å². The molecule has 2 heterocycles. The van der Waals surface area contributed by atoms with Gasteiger partial charge in [-0.3, -0.25) is 4.79 Å². The van der Waals surface area contributed by atoms with Gasteiger partial charge in [-0.25, -0.2) is 4.98 Å². The number of morpholine rings is 1. The van der Waals surface area contributed by atoms with E-state index in [2.05, 4.69) is 15.2 Å². The molecule has 0 bridgehead atoms. The average Bonchev–Trinajstić information content (AvgIpc) is 2.73. The van der Waals surface area contributed by atoms with E-state index in [1.54, 1.807) is 18.3 Å². The van der Waals surface area contributed by atoms with E-state index in [1.165, 1.54) is 0 Å². The highest BCUT2D eigenvalue weighted by Crippen LogP contribution is 2.15. The molecule has 6 nitrogen and oxygen atoms in total. The summed E-state index contributed by atoms with van der Waals surface area (Å²) in [6.45, 7) is 6.18. The number of hydrogen-bond donors (Lipinski definition) is 1. The summed E-state index contributed by atoms with van der Waals surface area (Å²) in [5.41, 5.74) is 1.97. The summed E-state index contributed by atoms with van der Waals surface area (Å²) in [4.78, 5) is 18.7. The third kappa shape index (κ3) is 5.82. The van der Waals surface area contributed by atoms with Crippen molar-refractivity contribution in [1.29, 1.82) is 0 Å². The third-order valence-corrected chi connectivity index (χ3v) is 4.23. The summed E-state index contributed by atoms with van der Waals surface area (Å²) in [5, 5.41) is 2.91. The fraction of sp³-hybridized carbons (Fsp3) is 0.333. The van der Waals surface area contributed by atoms with E-state index >= 15 is 0 Å². The molecule has 1 N–H and O–H groups in total. The summed E-state index contributed by atoms with van der Waals surface area (Å²) in [5.74, 6) is 1.62. The van der Waals surface area contributed by atoms with Crippen LogP contribution in [0.15, 0.2) is 48.7 Å². The van der Waals surface area contributed by atoms with Crippen molar-refractivity contribution in [2.75, 3.05) is 37.8 Å². The van der Waals surface area contributed by atoms with E-state index in [4.69, 9.17) is 9.47 Å². The first-order valence-corrected chi connectivity index (χ1v) is 9.21. The second-order valence-electron chi connectivity index (χ2n) is 6.17. The first-order valence-electron chi connectivity index (χ1n) is 9.21. The van der Waals surface area contributed by atoms with Crippen LogP contribution in [-0.2, 0) is 16.1 Å². The first-order chi connectivity index (χ1) is 13.2. The predicted octanol–water partition coefficient (Wildman–Crippen LogP) is 2.65. The van der Waals surface area contributed by atoms with Crippen LogP contribution in [0.2, 0.25) is 0 Å². The largest absolute Gasteiger partial charge is 0.494 e. The molecule has 1 amide bonds. The van der Waals surface area contributed by atoms with Crippen LogP contribution in [0.25, 0.3) is 6.08 Å². The number of ether oxygens (including phenoxy) is 2. The SMILES string of the molecule is CCOc1ccc(/C=C/C(=O)NCc2ccnc(N3CCOCC3)c2)cc1. The smallest absolute Gasteiger partial charge is 0.244 e. The molecule has 0 aliphatic carbocycles. The van der Waals surface area contributed by atoms with Crippen LogP contribution >= 0.6 is 0 Å². The van der Waals surface area contributed by atoms with Crippen molar-refractivity contribution < 1.29 is 14.3 Å². The Labute approximate surface area is 159 Å². The standard InChI is InChI=1S/C21H25N3O3/c1-2-27-19-6-3-17(4-7-19)5-8-21(25)23-16-18-9-10-22-20(15-18)24-11-13-26-14-12-24/h3-10,15H,2,11-14,16H2,1H3,(H,23,25)/b8-5+. The van der Waals surface area contributed by atoms with Crippen LogP contribution in [0.5, 0.6) is 5.75 Å². The van der Waals surface area contributed by atoms with Gasteiger partial charge < -0.3 is 19.7 Å². The van der Waals surface area contributed by atoms with Crippen LogP contribution < -0.4 is 15.0 Å². The average molecular weight is 367 g/mol. The number of benzene rings is 1. The quantitative estimate of drug-likeness (QED) is 0.762. The number of nitrogens with one attached hydrogen (secondary N) is 1. The minimum Gasteiger partial charge on any atom is -0.494 e. The molecule has 1 fully saturated rings. The summed E-state index contributed by atoms with van der Waals surface area (Å²) < 4.78 is 10.8. The van der Waals surface area contributed by atoms with Gasteiger partial charge in [-0.05, 0) is 48.4 Å². The van der Waals surface area contributed by atoms with Gasteiger partial charge in [0.15, 0.2) is 0 Å². The number of nitrogens with zero attached hydrogens (tertiary/aromatic N) is 2. The molecule has 0 atom stereocenters. The van der Waals surface area contributed by atoms with Gasteiger partial charge in [0.2, 0.25) is 5.91 Å². The summed E-state index contributed by atoms with van der Waals surface area (Å²) >= 11 is 0. The van der Waals surface area contributed by atoms with Gasteiger partial charge in [-0.15, -0.1) is 0 Å². The number of pyridine rings is 1. The predicted molar refractivity (Wildman–Crippen MR) is 106 cm³/mol. The van der Waals surface area contributed by atoms with Crippen LogP contribution in [0.4, 0.5) is 5.82 Å². The number of carbonyl (C=O) groups is 1. The Morgan fingerprint density at radius 2 is 2.04 bits per heavy atom. The number of anilines is 1. The number of aromatic nitrogens is 1. The van der Waals surface area contributed by atoms with Crippen LogP contribution in [0.3, 0.4) is 0 Å². The molecule has 0 unspecified atom stereocenters. The Hall–Kier alpha value is -2.86. The summed E-state index contributed by atoms with van der Waals surface area (Å²) in [6, 6.07) is 11.6. The normalized spacial score (nSPS) is 14.3. The third-order valence-electron chi connectivity index (χ3n) is 4.23. The fourth-order valence-corrected chi connectivity index (χ4v) is 2.80. The molecule has 2 aromatic rings. The number of hydrogen-bond acceptors (Lipinski definition) is 5. The van der Waals surface area contributed by atoms with Gasteiger partial charge >= 0.3 is 0 Å². The van der Waals surface area contributed by atoms with Gasteiger partial charge in [0.1, 0.15) is 11.6 Å². The Bertz CT molecular complexity index is 768. The molecule has 0 saturated carbocycles. The molecule has 0 spiro atoms. The van der Waals surface area contributed by atoms with Gasteiger partial charge in [0, 0.05) is 31.9 Å². The Morgan fingerprint density at radius 1 is 1.26 bits per heavy atom. The molecule has 0 radical (unpaired) electrons. The minimum atomic E-state index is -0.131. The molecule has 1 aromatic heterocycles. The van der Waals surface area contributed by atoms with Gasteiger partial charge in [-0.2, -0.15) is 0 Å². The Kier molecular flexibility index (Phi) is 6.82. The number of rotatable bonds is 7. The highest BCUT2D eigenvalue weighted by Gasteiger charge is 2.12. The molecule has 1 saturated heterocycles. The zero-order valence-corrected chi connectivity index (χ0v) is 15.6. The van der Waals surface area contributed by atoms with Crippen molar-refractivity contribution in [3.63, 3.8) is 0 Å². The second-order valence-corrected chi connectivity index (χ2v) is 6.17. The minimum absolute atomic E-state index is 0.131. The van der Waals surface area contributed by atoms with Crippen molar-refractivity contribution in [2.24, 2.45) is 0 Å². The van der Waals surface area contributed by atoms with E-state index in [0.717, 1.165) is 49.0 Å². The van der Waals surface area contributed by atoms with Gasteiger partial charge in [0.05, 0.1) is 19.8 Å². The molecule has 1 aliphatic rings. The molecule has 1 aromatic carbocycles. The van der Waals surface area contributed by atoms with Crippen molar-refractivity contribution in [3.05, 3.63) is 59.8 Å². The van der Waals surface area contributed by atoms with E-state index in [1.807, 2.05) is 43.3 Å². The van der Waals surface area contributed by atoms with E-state index in [9.17, 15) is 4.79 Å². The highest BCUT2D eigenvalue weighted by atomic mass is 16.5. The lowest BCUT2D eigenvalue weighted by Gasteiger charge is -2.28. The maximum atomic E-state index is 12.1. The van der Waals surface area contributed by atoms with Crippen molar-refractivity contribution in [3.8, 4) is 5.75 Å². The lowest BCUT2D eigenvalue weighted by atomic mass is 10.2. The van der Waals surface area contributed by atoms with Crippen molar-refractivity contribution in [1.82, 2.24) is 10.3 Å². The molecule has 142 valence electrons. The zero-order chi connectivity index (χ0) is 18.9. The number of amides is 1. The van der Waals surface area contributed by atoms with Gasteiger partial charge in [-0.1, -0.05) is 12.1 Å². The van der Waals surface area contributed by atoms with Crippen LogP contribution in [-0.4, -0.2) is 43.8 Å². The number of carbonyl (C=O) groups excluding carboxylic acids is 1. The summed E-state index contributed by atoms with van der Waals surface area (Å²) in [6.07, 6.45) is 5.11. The Morgan fingerprint density at radius 3 is 2.78 bits per heavy atom. The molecule has 1 aliphatic heterocycles. The van der Waals surface area contributed by atoms with Crippen LogP contribution in [0, 0.1) is 0 Å². The first kappa shape index (κ1) is 18.9. The monoisotopic (exact) mass is 367 g/mol. The maximum absolute atomic E-state index is 12.1. The molecular weight excluding hydrogens is 342 g/mol. The Balaban J connectivity index is 1.51. The lowest BCUT2D eigenvalue weighted by Crippen LogP contribution is -2.36. The molecule has 3 rings (SSSR count). The highest BCUT2D eigenvalue weighted by molar-refractivity contribution is 5.91. The van der Waals surface area contributed by atoms with Crippen LogP contribution in [0.1, 0.15) is 18.1 Å². The molecular formula is C21H25N3O3. The molecule has 6 heteroatoms. The second kappa shape index (κ2) is 9.73. The van der Waals surface area contributed by atoms with Crippen molar-refractivity contribution in [2.45, 2.75) is 13.5 Å². The molecule has 27 heavy (non-hydrogen) atoms.